The molecule has 2 atom stereocenters. The van der Waals surface area contributed by atoms with Gasteiger partial charge in [-0.15, -0.1) is 0 Å². The zero-order valence-corrected chi connectivity index (χ0v) is 16.7. The van der Waals surface area contributed by atoms with Crippen molar-refractivity contribution in [2.45, 2.75) is 122 Å². The van der Waals surface area contributed by atoms with Crippen molar-refractivity contribution in [1.29, 1.82) is 0 Å². The number of rotatable bonds is 17. The van der Waals surface area contributed by atoms with Gasteiger partial charge in [-0.2, -0.15) is 8.42 Å². The molecule has 0 heterocycles. The predicted octanol–water partition coefficient (Wildman–Crippen LogP) is 5.50. The highest BCUT2D eigenvalue weighted by molar-refractivity contribution is 7.86. The van der Waals surface area contributed by atoms with Crippen LogP contribution in [0.1, 0.15) is 110 Å². The fraction of sp³-hybridized carbons (Fsp3) is 1.00. The average Bonchev–Trinajstić information content (AvgIpc) is 2.52. The molecule has 0 aromatic heterocycles. The molecule has 0 aliphatic carbocycles. The summed E-state index contributed by atoms with van der Waals surface area (Å²) in [5.41, 5.74) is 0. The molecule has 2 unspecified atom stereocenters. The normalized spacial score (nSPS) is 14.7. The average molecular weight is 365 g/mol. The maximum Gasteiger partial charge on any atom is 0.270 e. The van der Waals surface area contributed by atoms with Gasteiger partial charge in [0.15, 0.2) is 0 Å². The minimum Gasteiger partial charge on any atom is -0.392 e. The lowest BCUT2D eigenvalue weighted by Gasteiger charge is -2.20. The molecule has 0 aliphatic rings. The van der Waals surface area contributed by atoms with Crippen LogP contribution < -0.4 is 0 Å². The molecule has 0 rings (SSSR count). The van der Waals surface area contributed by atoms with Gasteiger partial charge in [0.25, 0.3) is 10.1 Å². The summed E-state index contributed by atoms with van der Waals surface area (Å²) < 4.78 is 32.5. The van der Waals surface area contributed by atoms with Gasteiger partial charge in [-0.05, 0) is 12.8 Å². The molecule has 0 saturated heterocycles. The summed E-state index contributed by atoms with van der Waals surface area (Å²) in [7, 11) is -4.17. The number of aliphatic hydroxyl groups excluding tert-OH is 1. The topological polar surface area (TPSA) is 74.6 Å². The summed E-state index contributed by atoms with van der Waals surface area (Å²) in [5, 5.41) is 9.18. The van der Waals surface area contributed by atoms with Crippen LogP contribution in [-0.2, 0) is 10.1 Å². The Morgan fingerprint density at radius 2 is 1.04 bits per heavy atom. The van der Waals surface area contributed by atoms with E-state index in [0.717, 1.165) is 38.5 Å². The van der Waals surface area contributed by atoms with Gasteiger partial charge in [0.05, 0.1) is 6.10 Å². The van der Waals surface area contributed by atoms with Gasteiger partial charge in [-0.25, -0.2) is 0 Å². The quantitative estimate of drug-likeness (QED) is 0.264. The molecule has 0 radical (unpaired) electrons. The van der Waals surface area contributed by atoms with Crippen molar-refractivity contribution in [1.82, 2.24) is 0 Å². The molecular formula is C19H40O4S. The van der Waals surface area contributed by atoms with Crippen LogP contribution in [0.3, 0.4) is 0 Å². The van der Waals surface area contributed by atoms with Crippen LogP contribution >= 0.6 is 0 Å². The maximum atomic E-state index is 11.5. The molecule has 0 aliphatic heterocycles. The van der Waals surface area contributed by atoms with Crippen LogP contribution in [0.2, 0.25) is 0 Å². The van der Waals surface area contributed by atoms with Crippen molar-refractivity contribution in [3.63, 3.8) is 0 Å². The summed E-state index contributed by atoms with van der Waals surface area (Å²) in [5.74, 6) is 0. The predicted molar refractivity (Wildman–Crippen MR) is 102 cm³/mol. The van der Waals surface area contributed by atoms with Gasteiger partial charge in [-0.3, -0.25) is 4.55 Å². The second-order valence-electron chi connectivity index (χ2n) is 7.09. The molecule has 5 heteroatoms. The fourth-order valence-electron chi connectivity index (χ4n) is 3.16. The second-order valence-corrected chi connectivity index (χ2v) is 8.72. The Hall–Kier alpha value is -0.130. The lowest BCUT2D eigenvalue weighted by Crippen LogP contribution is -2.33. The summed E-state index contributed by atoms with van der Waals surface area (Å²) in [6.45, 7) is 4.35. The van der Waals surface area contributed by atoms with Crippen LogP contribution in [0.25, 0.3) is 0 Å². The van der Waals surface area contributed by atoms with Gasteiger partial charge in [0.1, 0.15) is 5.25 Å². The highest BCUT2D eigenvalue weighted by Gasteiger charge is 2.29. The zero-order chi connectivity index (χ0) is 18.3. The number of unbranched alkanes of at least 4 members (excludes halogenated alkanes) is 11. The molecule has 0 spiro atoms. The van der Waals surface area contributed by atoms with E-state index >= 15 is 0 Å². The minimum atomic E-state index is -4.17. The smallest absolute Gasteiger partial charge is 0.270 e. The molecule has 0 fully saturated rings. The van der Waals surface area contributed by atoms with Crippen molar-refractivity contribution < 1.29 is 18.1 Å². The first-order valence-electron chi connectivity index (χ1n) is 10.1. The van der Waals surface area contributed by atoms with Gasteiger partial charge in [0, 0.05) is 0 Å². The lowest BCUT2D eigenvalue weighted by atomic mass is 10.0. The van der Waals surface area contributed by atoms with Crippen LogP contribution in [-0.4, -0.2) is 29.4 Å². The van der Waals surface area contributed by atoms with Crippen molar-refractivity contribution in [2.24, 2.45) is 0 Å². The first-order chi connectivity index (χ1) is 11.4. The molecule has 2 N–H and O–H groups in total. The zero-order valence-electron chi connectivity index (χ0n) is 15.9. The van der Waals surface area contributed by atoms with Crippen LogP contribution in [0.15, 0.2) is 0 Å². The Kier molecular flexibility index (Phi) is 15.1. The van der Waals surface area contributed by atoms with E-state index in [0.29, 0.717) is 12.8 Å². The monoisotopic (exact) mass is 364 g/mol. The van der Waals surface area contributed by atoms with Crippen molar-refractivity contribution >= 4 is 10.1 Å². The summed E-state index contributed by atoms with van der Waals surface area (Å²) in [4.78, 5) is 0. The van der Waals surface area contributed by atoms with Crippen LogP contribution in [0.4, 0.5) is 0 Å². The van der Waals surface area contributed by atoms with Gasteiger partial charge in [0.2, 0.25) is 0 Å². The SMILES string of the molecule is CCCCCCCCCC(O)C(CCCCCCCC)S(=O)(=O)O. The van der Waals surface area contributed by atoms with E-state index < -0.39 is 21.5 Å². The van der Waals surface area contributed by atoms with Crippen LogP contribution in [0, 0.1) is 0 Å². The number of aliphatic hydroxyl groups is 1. The van der Waals surface area contributed by atoms with Crippen molar-refractivity contribution in [3.05, 3.63) is 0 Å². The second kappa shape index (κ2) is 15.2. The lowest BCUT2D eigenvalue weighted by molar-refractivity contribution is 0.146. The van der Waals surface area contributed by atoms with Gasteiger partial charge >= 0.3 is 0 Å². The van der Waals surface area contributed by atoms with E-state index in [1.807, 2.05) is 0 Å². The maximum absolute atomic E-state index is 11.5. The summed E-state index contributed by atoms with van der Waals surface area (Å²) >= 11 is 0. The first-order valence-corrected chi connectivity index (χ1v) is 11.6. The third kappa shape index (κ3) is 13.2. The van der Waals surface area contributed by atoms with Crippen LogP contribution in [0.5, 0.6) is 0 Å². The molecule has 0 amide bonds. The third-order valence-electron chi connectivity index (χ3n) is 4.76. The summed E-state index contributed by atoms with van der Waals surface area (Å²) in [6.07, 6.45) is 14.2. The van der Waals surface area contributed by atoms with E-state index in [1.54, 1.807) is 0 Å². The Balaban J connectivity index is 3.98. The largest absolute Gasteiger partial charge is 0.392 e. The van der Waals surface area contributed by atoms with Gasteiger partial charge in [-0.1, -0.05) is 97.3 Å². The van der Waals surface area contributed by atoms with E-state index in [-0.39, 0.29) is 0 Å². The fourth-order valence-corrected chi connectivity index (χ4v) is 4.16. The first kappa shape index (κ1) is 23.9. The highest BCUT2D eigenvalue weighted by Crippen LogP contribution is 2.20. The standard InChI is InChI=1S/C19H40O4S/c1-3-5-7-9-11-12-14-16-18(20)19(24(21,22)23)17-15-13-10-8-6-4-2/h18-20H,3-17H2,1-2H3,(H,21,22,23). The number of hydrogen-bond donors (Lipinski definition) is 2. The van der Waals surface area contributed by atoms with E-state index in [9.17, 15) is 18.1 Å². The summed E-state index contributed by atoms with van der Waals surface area (Å²) in [6, 6.07) is 0. The Labute approximate surface area is 150 Å². The molecule has 0 aromatic rings. The van der Waals surface area contributed by atoms with Crippen molar-refractivity contribution in [3.8, 4) is 0 Å². The Morgan fingerprint density at radius 1 is 0.667 bits per heavy atom. The molecular weight excluding hydrogens is 324 g/mol. The molecule has 4 nitrogen and oxygen atoms in total. The molecule has 146 valence electrons. The van der Waals surface area contributed by atoms with Crippen molar-refractivity contribution in [2.75, 3.05) is 0 Å². The Bertz CT molecular complexity index is 368. The molecule has 0 saturated carbocycles. The minimum absolute atomic E-state index is 0.364. The van der Waals surface area contributed by atoms with E-state index in [4.69, 9.17) is 0 Å². The highest BCUT2D eigenvalue weighted by atomic mass is 32.2. The number of hydrogen-bond acceptors (Lipinski definition) is 3. The molecule has 0 aromatic carbocycles. The van der Waals surface area contributed by atoms with Gasteiger partial charge < -0.3 is 5.11 Å². The Morgan fingerprint density at radius 3 is 1.46 bits per heavy atom. The molecule has 0 bridgehead atoms. The molecule has 24 heavy (non-hydrogen) atoms. The van der Waals surface area contributed by atoms with E-state index in [2.05, 4.69) is 13.8 Å². The third-order valence-corrected chi connectivity index (χ3v) is 6.07. The van der Waals surface area contributed by atoms with E-state index in [1.165, 1.54) is 44.9 Å².